The van der Waals surface area contributed by atoms with E-state index in [2.05, 4.69) is 26.1 Å². The molecule has 0 aromatic carbocycles. The van der Waals surface area contributed by atoms with E-state index in [0.29, 0.717) is 19.8 Å². The summed E-state index contributed by atoms with van der Waals surface area (Å²) in [5.74, 6) is 0. The van der Waals surface area contributed by atoms with Gasteiger partial charge in [0.2, 0.25) is 0 Å². The van der Waals surface area contributed by atoms with Gasteiger partial charge < -0.3 is 19.9 Å². The van der Waals surface area contributed by atoms with E-state index in [1.54, 1.807) is 0 Å². The highest BCUT2D eigenvalue weighted by molar-refractivity contribution is 4.80. The smallest absolute Gasteiger partial charge is 0.0897 e. The largest absolute Gasteiger partial charge is 0.389 e. The lowest BCUT2D eigenvalue weighted by molar-refractivity contribution is -0.0180. The van der Waals surface area contributed by atoms with Crippen LogP contribution in [-0.4, -0.2) is 49.2 Å². The summed E-state index contributed by atoms with van der Waals surface area (Å²) in [7, 11) is 0. The summed E-state index contributed by atoms with van der Waals surface area (Å²) in [6.07, 6.45) is 4.13. The van der Waals surface area contributed by atoms with Crippen molar-refractivity contribution in [2.75, 3.05) is 26.4 Å². The predicted molar refractivity (Wildman–Crippen MR) is 72.8 cm³/mol. The topological polar surface area (TPSA) is 50.7 Å². The molecule has 0 amide bonds. The van der Waals surface area contributed by atoms with Gasteiger partial charge in [0.25, 0.3) is 0 Å². The zero-order valence-corrected chi connectivity index (χ0v) is 12.1. The van der Waals surface area contributed by atoms with Gasteiger partial charge in [0, 0.05) is 18.7 Å². The van der Waals surface area contributed by atoms with Crippen LogP contribution in [-0.2, 0) is 9.47 Å². The number of ether oxygens (including phenoxy) is 2. The Hall–Kier alpha value is -0.160. The summed E-state index contributed by atoms with van der Waals surface area (Å²) in [4.78, 5) is 0. The molecule has 4 heteroatoms. The number of rotatable bonds is 9. The standard InChI is InChI=1S/C14H29NO3/c1-4-14(3,5-2)15-9-12(16)10-17-11-13-7-6-8-18-13/h12-13,15-16H,4-11H2,1-3H3. The molecular formula is C14H29NO3. The first-order valence-electron chi connectivity index (χ1n) is 7.22. The quantitative estimate of drug-likeness (QED) is 0.662. The van der Waals surface area contributed by atoms with Crippen molar-refractivity contribution in [2.24, 2.45) is 0 Å². The molecule has 18 heavy (non-hydrogen) atoms. The van der Waals surface area contributed by atoms with Gasteiger partial charge in [-0.3, -0.25) is 0 Å². The minimum absolute atomic E-state index is 0.121. The van der Waals surface area contributed by atoms with Gasteiger partial charge in [-0.05, 0) is 32.6 Å². The maximum absolute atomic E-state index is 9.85. The van der Waals surface area contributed by atoms with Gasteiger partial charge >= 0.3 is 0 Å². The van der Waals surface area contributed by atoms with Crippen molar-refractivity contribution in [2.45, 2.75) is 64.2 Å². The second-order valence-corrected chi connectivity index (χ2v) is 5.47. The van der Waals surface area contributed by atoms with Gasteiger partial charge in [-0.1, -0.05) is 13.8 Å². The molecule has 108 valence electrons. The number of aliphatic hydroxyl groups excluding tert-OH is 1. The van der Waals surface area contributed by atoms with Crippen LogP contribution in [0.15, 0.2) is 0 Å². The van der Waals surface area contributed by atoms with E-state index in [9.17, 15) is 5.11 Å². The summed E-state index contributed by atoms with van der Waals surface area (Å²) < 4.78 is 11.0. The van der Waals surface area contributed by atoms with Crippen LogP contribution in [0.5, 0.6) is 0 Å². The van der Waals surface area contributed by atoms with E-state index in [0.717, 1.165) is 32.3 Å². The van der Waals surface area contributed by atoms with E-state index in [1.165, 1.54) is 0 Å². The highest BCUT2D eigenvalue weighted by Crippen LogP contribution is 2.14. The molecule has 0 radical (unpaired) electrons. The Morgan fingerprint density at radius 1 is 1.44 bits per heavy atom. The minimum atomic E-state index is -0.441. The van der Waals surface area contributed by atoms with Gasteiger partial charge in [-0.2, -0.15) is 0 Å². The predicted octanol–water partition coefficient (Wildman–Crippen LogP) is 1.71. The van der Waals surface area contributed by atoms with Crippen molar-refractivity contribution in [3.05, 3.63) is 0 Å². The molecule has 0 bridgehead atoms. The van der Waals surface area contributed by atoms with Crippen LogP contribution < -0.4 is 5.32 Å². The Kier molecular flexibility index (Phi) is 7.15. The summed E-state index contributed by atoms with van der Waals surface area (Å²) in [5.41, 5.74) is 0.121. The van der Waals surface area contributed by atoms with Crippen molar-refractivity contribution >= 4 is 0 Å². The summed E-state index contributed by atoms with van der Waals surface area (Å²) >= 11 is 0. The number of hydrogen-bond acceptors (Lipinski definition) is 4. The summed E-state index contributed by atoms with van der Waals surface area (Å²) in [5, 5.41) is 13.3. The highest BCUT2D eigenvalue weighted by Gasteiger charge is 2.20. The van der Waals surface area contributed by atoms with Gasteiger partial charge in [-0.25, -0.2) is 0 Å². The van der Waals surface area contributed by atoms with Gasteiger partial charge in [0.15, 0.2) is 0 Å². The molecule has 1 aliphatic rings. The van der Waals surface area contributed by atoms with Crippen molar-refractivity contribution in [1.29, 1.82) is 0 Å². The Labute approximate surface area is 111 Å². The molecule has 2 atom stereocenters. The third-order valence-electron chi connectivity index (χ3n) is 3.96. The van der Waals surface area contributed by atoms with Crippen LogP contribution in [0.4, 0.5) is 0 Å². The van der Waals surface area contributed by atoms with Crippen LogP contribution in [0.3, 0.4) is 0 Å². The molecule has 1 rings (SSSR count). The molecule has 0 saturated carbocycles. The molecule has 0 spiro atoms. The molecule has 0 aromatic rings. The number of β-amino-alcohol motifs (C(OH)–C–C–N with tert-alkyl or cyclic N) is 1. The highest BCUT2D eigenvalue weighted by atomic mass is 16.5. The third-order valence-corrected chi connectivity index (χ3v) is 3.96. The maximum atomic E-state index is 9.85. The number of aliphatic hydroxyl groups is 1. The maximum Gasteiger partial charge on any atom is 0.0897 e. The molecule has 0 aromatic heterocycles. The molecule has 0 aliphatic carbocycles. The van der Waals surface area contributed by atoms with Crippen molar-refractivity contribution in [1.82, 2.24) is 5.32 Å². The van der Waals surface area contributed by atoms with Crippen LogP contribution in [0.25, 0.3) is 0 Å². The Bertz CT molecular complexity index is 213. The van der Waals surface area contributed by atoms with Gasteiger partial charge in [0.1, 0.15) is 0 Å². The first kappa shape index (κ1) is 15.9. The second kappa shape index (κ2) is 8.10. The zero-order valence-electron chi connectivity index (χ0n) is 12.1. The molecule has 4 nitrogen and oxygen atoms in total. The van der Waals surface area contributed by atoms with E-state index in [-0.39, 0.29) is 11.6 Å². The average Bonchev–Trinajstić information content (AvgIpc) is 2.89. The first-order valence-corrected chi connectivity index (χ1v) is 7.22. The molecule has 1 saturated heterocycles. The fraction of sp³-hybridized carbons (Fsp3) is 1.00. The van der Waals surface area contributed by atoms with Gasteiger partial charge in [-0.15, -0.1) is 0 Å². The number of hydrogen-bond donors (Lipinski definition) is 2. The van der Waals surface area contributed by atoms with E-state index >= 15 is 0 Å². The van der Waals surface area contributed by atoms with Crippen molar-refractivity contribution in [3.8, 4) is 0 Å². The van der Waals surface area contributed by atoms with Crippen LogP contribution in [0.1, 0.15) is 46.5 Å². The Balaban J connectivity index is 2.07. The van der Waals surface area contributed by atoms with E-state index in [1.807, 2.05) is 0 Å². The SMILES string of the molecule is CCC(C)(CC)NCC(O)COCC1CCCO1. The zero-order chi connectivity index (χ0) is 13.4. The van der Waals surface area contributed by atoms with Crippen LogP contribution >= 0.6 is 0 Å². The van der Waals surface area contributed by atoms with Crippen LogP contribution in [0, 0.1) is 0 Å². The number of nitrogens with one attached hydrogen (secondary N) is 1. The van der Waals surface area contributed by atoms with Crippen molar-refractivity contribution in [3.63, 3.8) is 0 Å². The first-order chi connectivity index (χ1) is 8.59. The summed E-state index contributed by atoms with van der Waals surface area (Å²) in [6.45, 7) is 8.94. The molecule has 1 heterocycles. The fourth-order valence-corrected chi connectivity index (χ4v) is 2.03. The van der Waals surface area contributed by atoms with Crippen LogP contribution in [0.2, 0.25) is 0 Å². The lowest BCUT2D eigenvalue weighted by Crippen LogP contribution is -2.45. The van der Waals surface area contributed by atoms with Crippen molar-refractivity contribution < 1.29 is 14.6 Å². The summed E-state index contributed by atoms with van der Waals surface area (Å²) in [6, 6.07) is 0. The van der Waals surface area contributed by atoms with E-state index < -0.39 is 6.10 Å². The molecule has 1 aliphatic heterocycles. The Morgan fingerprint density at radius 3 is 2.72 bits per heavy atom. The fourth-order valence-electron chi connectivity index (χ4n) is 2.03. The van der Waals surface area contributed by atoms with Gasteiger partial charge in [0.05, 0.1) is 25.4 Å². The molecule has 1 fully saturated rings. The lowest BCUT2D eigenvalue weighted by Gasteiger charge is -2.29. The third kappa shape index (κ3) is 5.65. The Morgan fingerprint density at radius 2 is 2.17 bits per heavy atom. The monoisotopic (exact) mass is 259 g/mol. The van der Waals surface area contributed by atoms with E-state index in [4.69, 9.17) is 9.47 Å². The average molecular weight is 259 g/mol. The molecular weight excluding hydrogens is 230 g/mol. The molecule has 2 N–H and O–H groups in total. The minimum Gasteiger partial charge on any atom is -0.389 e. The normalized spacial score (nSPS) is 22.3. The second-order valence-electron chi connectivity index (χ2n) is 5.47. The lowest BCUT2D eigenvalue weighted by atomic mass is 9.95. The molecule has 2 unspecified atom stereocenters.